The Morgan fingerprint density at radius 2 is 1.46 bits per heavy atom. The van der Waals surface area contributed by atoms with Gasteiger partial charge in [-0.05, 0) is 98.4 Å². The van der Waals surface area contributed by atoms with Gasteiger partial charge in [-0.3, -0.25) is 0 Å². The molecule has 2 aliphatic carbocycles. The van der Waals surface area contributed by atoms with Crippen molar-refractivity contribution in [2.24, 2.45) is 23.7 Å². The van der Waals surface area contributed by atoms with Gasteiger partial charge in [-0.2, -0.15) is 13.2 Å². The second kappa shape index (κ2) is 10.9. The Morgan fingerprint density at radius 3 is 2.09 bits per heavy atom. The van der Waals surface area contributed by atoms with Crippen molar-refractivity contribution >= 4 is 0 Å². The van der Waals surface area contributed by atoms with Crippen LogP contribution in [0.15, 0.2) is 30.3 Å². The number of ether oxygens (including phenoxy) is 1. The summed E-state index contributed by atoms with van der Waals surface area (Å²) in [4.78, 5) is 0. The molecule has 0 heterocycles. The maximum atomic E-state index is 14.6. The Kier molecular flexibility index (Phi) is 8.07. The van der Waals surface area contributed by atoms with Gasteiger partial charge in [0.2, 0.25) is 5.82 Å². The first-order valence-electron chi connectivity index (χ1n) is 12.9. The van der Waals surface area contributed by atoms with Gasteiger partial charge in [-0.15, -0.1) is 0 Å². The van der Waals surface area contributed by atoms with Gasteiger partial charge < -0.3 is 4.74 Å². The van der Waals surface area contributed by atoms with Crippen molar-refractivity contribution in [3.05, 3.63) is 64.5 Å². The highest BCUT2D eigenvalue weighted by molar-refractivity contribution is 5.32. The number of benzene rings is 2. The van der Waals surface area contributed by atoms with E-state index in [4.69, 9.17) is 0 Å². The van der Waals surface area contributed by atoms with E-state index in [9.17, 15) is 22.0 Å². The molecule has 2 aliphatic rings. The molecule has 0 aliphatic heterocycles. The third-order valence-electron chi connectivity index (χ3n) is 8.29. The van der Waals surface area contributed by atoms with Crippen molar-refractivity contribution in [2.75, 3.05) is 0 Å². The van der Waals surface area contributed by atoms with Crippen LogP contribution in [0.25, 0.3) is 0 Å². The fourth-order valence-corrected chi connectivity index (χ4v) is 5.93. The Labute approximate surface area is 205 Å². The molecular weight excluding hydrogens is 459 g/mol. The van der Waals surface area contributed by atoms with Crippen molar-refractivity contribution in [3.63, 3.8) is 0 Å². The lowest BCUT2D eigenvalue weighted by Gasteiger charge is -2.37. The van der Waals surface area contributed by atoms with Gasteiger partial charge in [-0.25, -0.2) is 8.78 Å². The number of hydrogen-bond donors (Lipinski definition) is 0. The minimum atomic E-state index is -4.14. The van der Waals surface area contributed by atoms with Crippen molar-refractivity contribution in [1.82, 2.24) is 0 Å². The van der Waals surface area contributed by atoms with Gasteiger partial charge >= 0.3 is 6.11 Å². The van der Waals surface area contributed by atoms with Crippen LogP contribution in [-0.2, 0) is 12.5 Å². The molecule has 0 N–H and O–H groups in total. The maximum Gasteiger partial charge on any atom is 0.429 e. The molecule has 4 rings (SSSR count). The summed E-state index contributed by atoms with van der Waals surface area (Å²) in [6.07, 6.45) is 7.72. The van der Waals surface area contributed by atoms with E-state index < -0.39 is 34.9 Å². The maximum absolute atomic E-state index is 14.6. The van der Waals surface area contributed by atoms with Crippen LogP contribution in [0.3, 0.4) is 0 Å². The van der Waals surface area contributed by atoms with Crippen molar-refractivity contribution in [3.8, 4) is 5.75 Å². The van der Waals surface area contributed by atoms with Gasteiger partial charge in [-0.1, -0.05) is 44.7 Å². The zero-order chi connectivity index (χ0) is 25.2. The zero-order valence-corrected chi connectivity index (χ0v) is 20.6. The van der Waals surface area contributed by atoms with Crippen LogP contribution in [0.1, 0.15) is 81.4 Å². The van der Waals surface area contributed by atoms with E-state index >= 15 is 0 Å². The van der Waals surface area contributed by atoms with E-state index in [-0.39, 0.29) is 5.56 Å². The standard InChI is InChI=1S/C29H35F5O/c1-18-3-11-22(12-4-18)23-13-8-20(9-14-23)6-7-21-10-15-24(25(30)17-21)29(33,34)35-26-16-5-19(2)27(31)28(26)32/h5,10,15-18,20,22-23H,3-4,6-9,11-14H2,1-2H3. The summed E-state index contributed by atoms with van der Waals surface area (Å²) in [5, 5.41) is 0. The molecule has 0 spiro atoms. The summed E-state index contributed by atoms with van der Waals surface area (Å²) in [6, 6.07) is 5.60. The predicted molar refractivity (Wildman–Crippen MR) is 127 cm³/mol. The van der Waals surface area contributed by atoms with Gasteiger partial charge in [0.1, 0.15) is 5.82 Å². The fourth-order valence-electron chi connectivity index (χ4n) is 5.93. The number of alkyl halides is 2. The molecule has 1 nitrogen and oxygen atoms in total. The molecule has 2 saturated carbocycles. The summed E-state index contributed by atoms with van der Waals surface area (Å²) in [7, 11) is 0. The van der Waals surface area contributed by atoms with E-state index in [2.05, 4.69) is 11.7 Å². The molecule has 192 valence electrons. The predicted octanol–water partition coefficient (Wildman–Crippen LogP) is 9.11. The molecule has 2 aromatic carbocycles. The fraction of sp³-hybridized carbons (Fsp3) is 0.586. The summed E-state index contributed by atoms with van der Waals surface area (Å²) in [5.74, 6) is -1.69. The van der Waals surface area contributed by atoms with E-state index in [0.29, 0.717) is 17.9 Å². The quantitative estimate of drug-likeness (QED) is 0.349. The molecule has 0 radical (unpaired) electrons. The van der Waals surface area contributed by atoms with Crippen molar-refractivity contribution < 1.29 is 26.7 Å². The Hall–Kier alpha value is -2.11. The van der Waals surface area contributed by atoms with Crippen LogP contribution in [0, 0.1) is 48.0 Å². The Bertz CT molecular complexity index is 1000. The SMILES string of the molecule is Cc1ccc(OC(F)(F)c2ccc(CCC3CCC(C4CCC(C)CC4)CC3)cc2F)c(F)c1F. The number of halogens is 5. The second-order valence-electron chi connectivity index (χ2n) is 10.8. The molecule has 0 saturated heterocycles. The van der Waals surface area contributed by atoms with Crippen LogP contribution < -0.4 is 4.74 Å². The third-order valence-corrected chi connectivity index (χ3v) is 8.29. The third kappa shape index (κ3) is 6.18. The molecule has 0 atom stereocenters. The summed E-state index contributed by atoms with van der Waals surface area (Å²) < 4.78 is 75.9. The van der Waals surface area contributed by atoms with E-state index in [0.717, 1.165) is 48.4 Å². The lowest BCUT2D eigenvalue weighted by atomic mass is 9.69. The molecule has 0 aromatic heterocycles. The smallest absolute Gasteiger partial charge is 0.426 e. The van der Waals surface area contributed by atoms with E-state index in [1.807, 2.05) is 0 Å². The van der Waals surface area contributed by atoms with E-state index in [1.165, 1.54) is 64.4 Å². The molecule has 0 bridgehead atoms. The molecule has 0 amide bonds. The van der Waals surface area contributed by atoms with Crippen molar-refractivity contribution in [2.45, 2.75) is 84.2 Å². The van der Waals surface area contributed by atoms with Crippen LogP contribution in [0.2, 0.25) is 0 Å². The first kappa shape index (κ1) is 26.0. The molecule has 2 fully saturated rings. The lowest BCUT2D eigenvalue weighted by molar-refractivity contribution is -0.189. The zero-order valence-electron chi connectivity index (χ0n) is 20.6. The van der Waals surface area contributed by atoms with Crippen LogP contribution >= 0.6 is 0 Å². The topological polar surface area (TPSA) is 9.23 Å². The number of rotatable bonds is 7. The second-order valence-corrected chi connectivity index (χ2v) is 10.8. The highest BCUT2D eigenvalue weighted by Crippen LogP contribution is 2.42. The minimum absolute atomic E-state index is 0.0363. The van der Waals surface area contributed by atoms with E-state index in [1.54, 1.807) is 0 Å². The highest BCUT2D eigenvalue weighted by atomic mass is 19.3. The van der Waals surface area contributed by atoms with Gasteiger partial charge in [0, 0.05) is 0 Å². The molecule has 2 aromatic rings. The molecule has 6 heteroatoms. The molecular formula is C29H35F5O. The first-order chi connectivity index (χ1) is 16.6. The number of hydrogen-bond acceptors (Lipinski definition) is 1. The molecule has 0 unspecified atom stereocenters. The van der Waals surface area contributed by atoms with Gasteiger partial charge in [0.05, 0.1) is 5.56 Å². The summed E-state index contributed by atoms with van der Waals surface area (Å²) in [5.41, 5.74) is -0.382. The average Bonchev–Trinajstić information content (AvgIpc) is 2.84. The Balaban J connectivity index is 1.31. The Morgan fingerprint density at radius 1 is 0.829 bits per heavy atom. The highest BCUT2D eigenvalue weighted by Gasteiger charge is 2.39. The monoisotopic (exact) mass is 494 g/mol. The molecule has 35 heavy (non-hydrogen) atoms. The summed E-state index contributed by atoms with van der Waals surface area (Å²) in [6.45, 7) is 3.66. The van der Waals surface area contributed by atoms with Crippen LogP contribution in [-0.4, -0.2) is 0 Å². The van der Waals surface area contributed by atoms with Crippen LogP contribution in [0.5, 0.6) is 5.75 Å². The largest absolute Gasteiger partial charge is 0.429 e. The van der Waals surface area contributed by atoms with Crippen LogP contribution in [0.4, 0.5) is 22.0 Å². The first-order valence-corrected chi connectivity index (χ1v) is 12.9. The van der Waals surface area contributed by atoms with Gasteiger partial charge in [0.25, 0.3) is 0 Å². The normalized spacial score (nSPS) is 25.5. The lowest BCUT2D eigenvalue weighted by Crippen LogP contribution is -2.25. The van der Waals surface area contributed by atoms with Gasteiger partial charge in [0.15, 0.2) is 11.6 Å². The number of aryl methyl sites for hydroxylation is 2. The van der Waals surface area contributed by atoms with Crippen molar-refractivity contribution in [1.29, 1.82) is 0 Å². The average molecular weight is 495 g/mol. The summed E-state index contributed by atoms with van der Waals surface area (Å²) >= 11 is 0. The minimum Gasteiger partial charge on any atom is -0.426 e.